The molecule has 0 unspecified atom stereocenters. The SMILES string of the molecule is COCOc1ccc(/C=C/C(=O)Nc2nc(-c3ccc(Cl)cc3Cl)cs2)cc1. The number of nitrogens with one attached hydrogen (secondary N) is 1. The zero-order chi connectivity index (χ0) is 19.9. The average molecular weight is 435 g/mol. The van der Waals surface area contributed by atoms with E-state index in [4.69, 9.17) is 32.7 Å². The first kappa shape index (κ1) is 20.4. The predicted molar refractivity (Wildman–Crippen MR) is 114 cm³/mol. The van der Waals surface area contributed by atoms with Gasteiger partial charge in [-0.15, -0.1) is 11.3 Å². The molecule has 0 bridgehead atoms. The number of halogens is 2. The molecular formula is C20H16Cl2N2O3S. The summed E-state index contributed by atoms with van der Waals surface area (Å²) < 4.78 is 10.2. The van der Waals surface area contributed by atoms with E-state index in [1.54, 1.807) is 43.5 Å². The van der Waals surface area contributed by atoms with Gasteiger partial charge >= 0.3 is 0 Å². The summed E-state index contributed by atoms with van der Waals surface area (Å²) in [5, 5.41) is 6.12. The molecule has 3 aromatic rings. The number of carbonyl (C=O) groups is 1. The summed E-state index contributed by atoms with van der Waals surface area (Å²) in [7, 11) is 1.56. The molecule has 8 heteroatoms. The van der Waals surface area contributed by atoms with Crippen molar-refractivity contribution >= 4 is 51.7 Å². The van der Waals surface area contributed by atoms with Crippen LogP contribution >= 0.6 is 34.5 Å². The van der Waals surface area contributed by atoms with Gasteiger partial charge < -0.3 is 9.47 Å². The molecule has 0 aliphatic heterocycles. The molecule has 2 aromatic carbocycles. The standard InChI is InChI=1S/C20H16Cl2N2O3S/c1-26-12-27-15-6-2-13(3-7-15)4-9-19(25)24-20-23-18(11-28-20)16-8-5-14(21)10-17(16)22/h2-11H,12H2,1H3,(H,23,24,25)/b9-4+. The number of thiazole rings is 1. The third-order valence-electron chi connectivity index (χ3n) is 3.59. The third kappa shape index (κ3) is 5.56. The first-order valence-electron chi connectivity index (χ1n) is 8.17. The summed E-state index contributed by atoms with van der Waals surface area (Å²) in [6.07, 6.45) is 3.15. The minimum absolute atomic E-state index is 0.189. The number of hydrogen-bond donors (Lipinski definition) is 1. The Hall–Kier alpha value is -2.38. The van der Waals surface area contributed by atoms with Crippen molar-refractivity contribution in [3.05, 3.63) is 69.5 Å². The Morgan fingerprint density at radius 2 is 2.00 bits per heavy atom. The molecule has 3 rings (SSSR count). The third-order valence-corrected chi connectivity index (χ3v) is 4.90. The van der Waals surface area contributed by atoms with Crippen molar-refractivity contribution in [2.24, 2.45) is 0 Å². The van der Waals surface area contributed by atoms with Crippen molar-refractivity contribution in [3.63, 3.8) is 0 Å². The van der Waals surface area contributed by atoms with Crippen LogP contribution in [0.25, 0.3) is 17.3 Å². The van der Waals surface area contributed by atoms with Gasteiger partial charge in [-0.3, -0.25) is 10.1 Å². The maximum absolute atomic E-state index is 12.1. The molecule has 0 saturated heterocycles. The normalized spacial score (nSPS) is 11.0. The number of benzene rings is 2. The van der Waals surface area contributed by atoms with Crippen LogP contribution in [0.1, 0.15) is 5.56 Å². The van der Waals surface area contributed by atoms with Crippen molar-refractivity contribution in [1.82, 2.24) is 4.98 Å². The topological polar surface area (TPSA) is 60.5 Å². The van der Waals surface area contributed by atoms with E-state index in [0.29, 0.717) is 26.6 Å². The lowest BCUT2D eigenvalue weighted by molar-refractivity contribution is -0.111. The van der Waals surface area contributed by atoms with Gasteiger partial charge in [-0.2, -0.15) is 0 Å². The minimum atomic E-state index is -0.275. The van der Waals surface area contributed by atoms with Crippen molar-refractivity contribution in [3.8, 4) is 17.0 Å². The molecule has 0 saturated carbocycles. The van der Waals surface area contributed by atoms with Crippen LogP contribution in [0.4, 0.5) is 5.13 Å². The first-order chi connectivity index (χ1) is 13.5. The van der Waals surface area contributed by atoms with Gasteiger partial charge in [-0.25, -0.2) is 4.98 Å². The monoisotopic (exact) mass is 434 g/mol. The summed E-state index contributed by atoms with van der Waals surface area (Å²) in [5.74, 6) is 0.419. The predicted octanol–water partition coefficient (Wildman–Crippen LogP) is 5.75. The van der Waals surface area contributed by atoms with Crippen molar-refractivity contribution in [1.29, 1.82) is 0 Å². The van der Waals surface area contributed by atoms with Gasteiger partial charge in [-0.1, -0.05) is 35.3 Å². The van der Waals surface area contributed by atoms with Gasteiger partial charge in [0, 0.05) is 29.2 Å². The van der Waals surface area contributed by atoms with Crippen molar-refractivity contribution < 1.29 is 14.3 Å². The van der Waals surface area contributed by atoms with Crippen molar-refractivity contribution in [2.45, 2.75) is 0 Å². The van der Waals surface area contributed by atoms with Gasteiger partial charge in [-0.05, 0) is 42.0 Å². The van der Waals surface area contributed by atoms with Crippen LogP contribution in [0, 0.1) is 0 Å². The molecule has 1 heterocycles. The molecule has 28 heavy (non-hydrogen) atoms. The fraction of sp³-hybridized carbons (Fsp3) is 0.100. The summed E-state index contributed by atoms with van der Waals surface area (Å²) in [6, 6.07) is 12.5. The summed E-state index contributed by atoms with van der Waals surface area (Å²) in [6.45, 7) is 0.189. The molecule has 0 fully saturated rings. The molecule has 0 atom stereocenters. The number of hydrogen-bond acceptors (Lipinski definition) is 5. The van der Waals surface area contributed by atoms with Crippen molar-refractivity contribution in [2.75, 3.05) is 19.2 Å². The Labute approximate surface area is 176 Å². The van der Waals surface area contributed by atoms with E-state index in [-0.39, 0.29) is 12.7 Å². The molecule has 0 aliphatic carbocycles. The number of ether oxygens (including phenoxy) is 2. The van der Waals surface area contributed by atoms with Gasteiger partial charge in [0.15, 0.2) is 11.9 Å². The lowest BCUT2D eigenvalue weighted by Crippen LogP contribution is -2.07. The Kier molecular flexibility index (Phi) is 7.06. The van der Waals surface area contributed by atoms with Crippen LogP contribution in [0.15, 0.2) is 53.9 Å². The summed E-state index contributed by atoms with van der Waals surface area (Å²) in [4.78, 5) is 16.5. The molecule has 144 valence electrons. The first-order valence-corrected chi connectivity index (χ1v) is 9.80. The number of amides is 1. The molecule has 0 aliphatic rings. The van der Waals surface area contributed by atoms with E-state index in [0.717, 1.165) is 11.1 Å². The molecule has 1 amide bonds. The summed E-state index contributed by atoms with van der Waals surface area (Å²) in [5.41, 5.74) is 2.31. The number of carbonyl (C=O) groups excluding carboxylic acids is 1. The molecule has 5 nitrogen and oxygen atoms in total. The molecule has 0 spiro atoms. The second-order valence-electron chi connectivity index (χ2n) is 5.60. The Bertz CT molecular complexity index is 987. The van der Waals surface area contributed by atoms with E-state index in [1.807, 2.05) is 17.5 Å². The Morgan fingerprint density at radius 3 is 2.71 bits per heavy atom. The van der Waals surface area contributed by atoms with Gasteiger partial charge in [0.2, 0.25) is 5.91 Å². The molecule has 1 N–H and O–H groups in total. The van der Waals surface area contributed by atoms with E-state index < -0.39 is 0 Å². The van der Waals surface area contributed by atoms with Gasteiger partial charge in [0.1, 0.15) is 5.75 Å². The number of methoxy groups -OCH3 is 1. The quantitative estimate of drug-likeness (QED) is 0.379. The van der Waals surface area contributed by atoms with Crippen LogP contribution < -0.4 is 10.1 Å². The molecule has 0 radical (unpaired) electrons. The zero-order valence-electron chi connectivity index (χ0n) is 14.8. The fourth-order valence-corrected chi connectivity index (χ4v) is 3.49. The highest BCUT2D eigenvalue weighted by molar-refractivity contribution is 7.14. The maximum atomic E-state index is 12.1. The van der Waals surface area contributed by atoms with E-state index in [1.165, 1.54) is 17.4 Å². The van der Waals surface area contributed by atoms with Crippen LogP contribution in [0.3, 0.4) is 0 Å². The summed E-state index contributed by atoms with van der Waals surface area (Å²) >= 11 is 13.4. The number of nitrogens with zero attached hydrogens (tertiary/aromatic N) is 1. The van der Waals surface area contributed by atoms with E-state index in [9.17, 15) is 4.79 Å². The second kappa shape index (κ2) is 9.71. The smallest absolute Gasteiger partial charge is 0.250 e. The second-order valence-corrected chi connectivity index (χ2v) is 7.31. The lowest BCUT2D eigenvalue weighted by atomic mass is 10.2. The highest BCUT2D eigenvalue weighted by Crippen LogP contribution is 2.32. The maximum Gasteiger partial charge on any atom is 0.250 e. The lowest BCUT2D eigenvalue weighted by Gasteiger charge is -2.04. The average Bonchev–Trinajstić information content (AvgIpc) is 3.13. The number of aromatic nitrogens is 1. The number of anilines is 1. The van der Waals surface area contributed by atoms with Crippen LogP contribution in [-0.2, 0) is 9.53 Å². The van der Waals surface area contributed by atoms with Gasteiger partial charge in [0.05, 0.1) is 10.7 Å². The zero-order valence-corrected chi connectivity index (χ0v) is 17.1. The van der Waals surface area contributed by atoms with E-state index >= 15 is 0 Å². The fourth-order valence-electron chi connectivity index (χ4n) is 2.27. The molecular weight excluding hydrogens is 419 g/mol. The van der Waals surface area contributed by atoms with Crippen LogP contribution in [0.5, 0.6) is 5.75 Å². The van der Waals surface area contributed by atoms with E-state index in [2.05, 4.69) is 10.3 Å². The highest BCUT2D eigenvalue weighted by atomic mass is 35.5. The Morgan fingerprint density at radius 1 is 1.21 bits per heavy atom. The highest BCUT2D eigenvalue weighted by Gasteiger charge is 2.10. The van der Waals surface area contributed by atoms with Crippen LogP contribution in [-0.4, -0.2) is 24.8 Å². The molecule has 1 aromatic heterocycles. The largest absolute Gasteiger partial charge is 0.468 e. The number of rotatable bonds is 7. The van der Waals surface area contributed by atoms with Gasteiger partial charge in [0.25, 0.3) is 0 Å². The van der Waals surface area contributed by atoms with Crippen LogP contribution in [0.2, 0.25) is 10.0 Å². The Balaban J connectivity index is 1.60. The minimum Gasteiger partial charge on any atom is -0.468 e.